The van der Waals surface area contributed by atoms with E-state index in [-0.39, 0.29) is 17.5 Å². The van der Waals surface area contributed by atoms with Gasteiger partial charge in [0.2, 0.25) is 0 Å². The summed E-state index contributed by atoms with van der Waals surface area (Å²) in [7, 11) is 3.25. The summed E-state index contributed by atoms with van der Waals surface area (Å²) in [6.07, 6.45) is 1.40. The molecule has 1 rings (SSSR count). The topological polar surface area (TPSA) is 36.9 Å². The maximum absolute atomic E-state index is 6.16. The first-order valence-electron chi connectivity index (χ1n) is 8.27. The first-order valence-corrected chi connectivity index (χ1v) is 9.39. The summed E-state index contributed by atoms with van der Waals surface area (Å²) < 4.78 is 22.7. The van der Waals surface area contributed by atoms with Crippen LogP contribution in [-0.4, -0.2) is 37.4 Å². The summed E-state index contributed by atoms with van der Waals surface area (Å²) in [6, 6.07) is 7.81. The molecule has 0 radical (unpaired) electrons. The fraction of sp³-hybridized carbons (Fsp3) is 0.684. The Bertz CT molecular complexity index is 484. The van der Waals surface area contributed by atoms with Gasteiger partial charge < -0.3 is 18.9 Å². The van der Waals surface area contributed by atoms with Gasteiger partial charge in [-0.1, -0.05) is 28.1 Å². The van der Waals surface area contributed by atoms with Gasteiger partial charge in [0.15, 0.2) is 6.29 Å². The Labute approximate surface area is 154 Å². The molecule has 0 fully saturated rings. The van der Waals surface area contributed by atoms with Crippen LogP contribution >= 0.6 is 15.9 Å². The molecule has 138 valence electrons. The van der Waals surface area contributed by atoms with E-state index < -0.39 is 0 Å². The predicted octanol–water partition coefficient (Wildman–Crippen LogP) is 5.11. The van der Waals surface area contributed by atoms with Crippen LogP contribution in [0.25, 0.3) is 0 Å². The second-order valence-electron chi connectivity index (χ2n) is 7.03. The zero-order valence-corrected chi connectivity index (χ0v) is 17.3. The third-order valence-electron chi connectivity index (χ3n) is 3.85. The van der Waals surface area contributed by atoms with Gasteiger partial charge in [0.1, 0.15) is 11.4 Å². The molecule has 0 bridgehead atoms. The molecule has 0 spiro atoms. The lowest BCUT2D eigenvalue weighted by atomic mass is 10.0. The maximum Gasteiger partial charge on any atom is 0.183 e. The maximum atomic E-state index is 6.16. The van der Waals surface area contributed by atoms with E-state index in [0.29, 0.717) is 6.61 Å². The molecule has 1 aromatic carbocycles. The van der Waals surface area contributed by atoms with E-state index >= 15 is 0 Å². The molecule has 0 saturated heterocycles. The van der Waals surface area contributed by atoms with Crippen molar-refractivity contribution in [3.63, 3.8) is 0 Å². The van der Waals surface area contributed by atoms with E-state index in [1.807, 2.05) is 24.3 Å². The van der Waals surface area contributed by atoms with Gasteiger partial charge in [-0.15, -0.1) is 0 Å². The van der Waals surface area contributed by atoms with Crippen LogP contribution in [-0.2, 0) is 14.2 Å². The van der Waals surface area contributed by atoms with Crippen molar-refractivity contribution in [1.29, 1.82) is 0 Å². The molecule has 0 atom stereocenters. The zero-order valence-electron chi connectivity index (χ0n) is 15.7. The van der Waals surface area contributed by atoms with E-state index in [1.54, 1.807) is 14.2 Å². The zero-order chi connectivity index (χ0) is 18.2. The van der Waals surface area contributed by atoms with Gasteiger partial charge in [0.05, 0.1) is 12.2 Å². The molecule has 0 heterocycles. The fourth-order valence-corrected chi connectivity index (χ4v) is 3.29. The average Bonchev–Trinajstić information content (AvgIpc) is 2.47. The van der Waals surface area contributed by atoms with Gasteiger partial charge in [0.25, 0.3) is 0 Å². The van der Waals surface area contributed by atoms with E-state index in [1.165, 1.54) is 0 Å². The second kappa shape index (κ2) is 9.76. The molecule has 24 heavy (non-hydrogen) atoms. The normalized spacial score (nSPS) is 12.7. The van der Waals surface area contributed by atoms with E-state index in [2.05, 4.69) is 43.6 Å². The van der Waals surface area contributed by atoms with Crippen molar-refractivity contribution in [1.82, 2.24) is 0 Å². The highest BCUT2D eigenvalue weighted by molar-refractivity contribution is 9.09. The average molecular weight is 403 g/mol. The minimum Gasteiger partial charge on any atom is -0.488 e. The molecule has 0 amide bonds. The van der Waals surface area contributed by atoms with E-state index in [9.17, 15) is 0 Å². The molecule has 0 saturated carbocycles. The molecular weight excluding hydrogens is 372 g/mol. The monoisotopic (exact) mass is 402 g/mol. The Hall–Kier alpha value is -0.620. The standard InChI is InChI=1S/C19H31BrO4/c1-18(2,10-12-20)23-13-11-19(3,4)24-16-9-7-8-15(14-16)17(21-5)22-6/h7-9,14,17H,10-13H2,1-6H3. The minimum atomic E-state index is -0.384. The molecule has 0 N–H and O–H groups in total. The van der Waals surface area contributed by atoms with Crippen LogP contribution in [0.3, 0.4) is 0 Å². The summed E-state index contributed by atoms with van der Waals surface area (Å²) in [5, 5.41) is 0.937. The van der Waals surface area contributed by atoms with Crippen molar-refractivity contribution in [2.75, 3.05) is 26.2 Å². The summed E-state index contributed by atoms with van der Waals surface area (Å²) in [5.41, 5.74) is 0.491. The molecule has 4 nitrogen and oxygen atoms in total. The van der Waals surface area contributed by atoms with Crippen LogP contribution < -0.4 is 4.74 Å². The highest BCUT2D eigenvalue weighted by atomic mass is 79.9. The quantitative estimate of drug-likeness (QED) is 0.380. The Morgan fingerprint density at radius 3 is 2.25 bits per heavy atom. The van der Waals surface area contributed by atoms with Crippen LogP contribution in [0.2, 0.25) is 0 Å². The van der Waals surface area contributed by atoms with Crippen molar-refractivity contribution >= 4 is 15.9 Å². The van der Waals surface area contributed by atoms with Crippen LogP contribution in [0.15, 0.2) is 24.3 Å². The number of benzene rings is 1. The van der Waals surface area contributed by atoms with Gasteiger partial charge >= 0.3 is 0 Å². The number of halogens is 1. The Kier molecular flexibility index (Phi) is 8.71. The number of ether oxygens (including phenoxy) is 4. The van der Waals surface area contributed by atoms with Gasteiger partial charge in [-0.3, -0.25) is 0 Å². The van der Waals surface area contributed by atoms with E-state index in [4.69, 9.17) is 18.9 Å². The Morgan fingerprint density at radius 1 is 1.00 bits per heavy atom. The first-order chi connectivity index (χ1) is 11.2. The van der Waals surface area contributed by atoms with Crippen molar-refractivity contribution in [3.05, 3.63) is 29.8 Å². The summed E-state index contributed by atoms with van der Waals surface area (Å²) in [5.74, 6) is 0.802. The molecule has 5 heteroatoms. The van der Waals surface area contributed by atoms with Crippen molar-refractivity contribution in [2.24, 2.45) is 0 Å². The number of methoxy groups -OCH3 is 2. The highest BCUT2D eigenvalue weighted by Crippen LogP contribution is 2.26. The predicted molar refractivity (Wildman–Crippen MR) is 101 cm³/mol. The van der Waals surface area contributed by atoms with Crippen LogP contribution in [0.5, 0.6) is 5.75 Å². The number of hydrogen-bond donors (Lipinski definition) is 0. The Balaban J connectivity index is 2.62. The summed E-state index contributed by atoms with van der Waals surface area (Å²) in [4.78, 5) is 0. The Morgan fingerprint density at radius 2 is 1.67 bits per heavy atom. The third kappa shape index (κ3) is 7.51. The molecule has 0 aliphatic rings. The van der Waals surface area contributed by atoms with Crippen molar-refractivity contribution in [3.8, 4) is 5.75 Å². The minimum absolute atomic E-state index is 0.121. The molecule has 0 unspecified atom stereocenters. The van der Waals surface area contributed by atoms with Gasteiger partial charge in [-0.2, -0.15) is 0 Å². The van der Waals surface area contributed by atoms with Crippen LogP contribution in [0, 0.1) is 0 Å². The van der Waals surface area contributed by atoms with Gasteiger partial charge in [0, 0.05) is 31.5 Å². The SMILES string of the molecule is COC(OC)c1cccc(OC(C)(C)CCOC(C)(C)CCBr)c1. The van der Waals surface area contributed by atoms with Crippen molar-refractivity contribution in [2.45, 2.75) is 58.0 Å². The summed E-state index contributed by atoms with van der Waals surface area (Å²) in [6.45, 7) is 9.03. The molecular formula is C19H31BrO4. The lowest BCUT2D eigenvalue weighted by molar-refractivity contribution is -0.106. The highest BCUT2D eigenvalue weighted by Gasteiger charge is 2.23. The van der Waals surface area contributed by atoms with Gasteiger partial charge in [-0.25, -0.2) is 0 Å². The number of hydrogen-bond acceptors (Lipinski definition) is 4. The summed E-state index contributed by atoms with van der Waals surface area (Å²) >= 11 is 3.47. The smallest absolute Gasteiger partial charge is 0.183 e. The number of alkyl halides is 1. The third-order valence-corrected chi connectivity index (χ3v) is 4.24. The lowest BCUT2D eigenvalue weighted by Gasteiger charge is -2.30. The van der Waals surface area contributed by atoms with E-state index in [0.717, 1.165) is 29.5 Å². The molecule has 0 aliphatic heterocycles. The lowest BCUT2D eigenvalue weighted by Crippen LogP contribution is -2.33. The van der Waals surface area contributed by atoms with Crippen LogP contribution in [0.1, 0.15) is 52.4 Å². The first kappa shape index (κ1) is 21.4. The largest absolute Gasteiger partial charge is 0.488 e. The molecule has 0 aromatic heterocycles. The fourth-order valence-electron chi connectivity index (χ4n) is 2.34. The number of rotatable bonds is 11. The van der Waals surface area contributed by atoms with Gasteiger partial charge in [-0.05, 0) is 46.2 Å². The molecule has 0 aliphatic carbocycles. The molecule has 1 aromatic rings. The van der Waals surface area contributed by atoms with Crippen LogP contribution in [0.4, 0.5) is 0 Å². The second-order valence-corrected chi connectivity index (χ2v) is 7.83. The van der Waals surface area contributed by atoms with Crippen molar-refractivity contribution < 1.29 is 18.9 Å².